The number of aromatic nitrogens is 1. The summed E-state index contributed by atoms with van der Waals surface area (Å²) in [6, 6.07) is 5.84. The second-order valence-electron chi connectivity index (χ2n) is 3.28. The van der Waals surface area contributed by atoms with Crippen molar-refractivity contribution >= 4 is 28.3 Å². The zero-order valence-electron chi connectivity index (χ0n) is 8.53. The molecule has 0 aliphatic heterocycles. The largest absolute Gasteiger partial charge is 0.330 e. The summed E-state index contributed by atoms with van der Waals surface area (Å²) in [5, 5.41) is 0. The first-order valence-electron chi connectivity index (χ1n) is 4.82. The summed E-state index contributed by atoms with van der Waals surface area (Å²) in [6.07, 6.45) is 3.04. The molecule has 0 saturated heterocycles. The van der Waals surface area contributed by atoms with Gasteiger partial charge in [-0.25, -0.2) is 4.98 Å². The summed E-state index contributed by atoms with van der Waals surface area (Å²) in [6.45, 7) is 0.735. The van der Waals surface area contributed by atoms with Crippen molar-refractivity contribution in [3.8, 4) is 0 Å². The van der Waals surface area contributed by atoms with Crippen molar-refractivity contribution in [2.75, 3.05) is 6.54 Å². The zero-order chi connectivity index (χ0) is 10.4. The molecule has 1 aromatic rings. The van der Waals surface area contributed by atoms with Gasteiger partial charge in [0.15, 0.2) is 0 Å². The Kier molecular flexibility index (Phi) is 7.96. The smallest absolute Gasteiger partial charge is 0.106 e. The highest BCUT2D eigenvalue weighted by Crippen LogP contribution is 2.16. The van der Waals surface area contributed by atoms with Crippen LogP contribution in [-0.4, -0.2) is 11.5 Å². The molecule has 0 fully saturated rings. The molecule has 3 nitrogen and oxygen atoms in total. The SMILES string of the molecule is Cl.NCCCC[C@H](N)c1cccc(Br)n1. The van der Waals surface area contributed by atoms with Gasteiger partial charge in [0, 0.05) is 6.04 Å². The molecule has 0 aliphatic rings. The molecule has 0 spiro atoms. The Hall–Kier alpha value is -0.160. The lowest BCUT2D eigenvalue weighted by atomic mass is 10.1. The van der Waals surface area contributed by atoms with E-state index >= 15 is 0 Å². The fraction of sp³-hybridized carbons (Fsp3) is 0.500. The first kappa shape index (κ1) is 14.8. The Labute approximate surface area is 105 Å². The monoisotopic (exact) mass is 293 g/mol. The fourth-order valence-corrected chi connectivity index (χ4v) is 1.64. The van der Waals surface area contributed by atoms with E-state index in [0.717, 1.165) is 36.1 Å². The van der Waals surface area contributed by atoms with E-state index in [9.17, 15) is 0 Å². The third-order valence-corrected chi connectivity index (χ3v) is 2.53. The molecular formula is C10H17BrClN3. The highest BCUT2D eigenvalue weighted by Gasteiger charge is 2.06. The number of halogens is 2. The van der Waals surface area contributed by atoms with Crippen LogP contribution < -0.4 is 11.5 Å². The quantitative estimate of drug-likeness (QED) is 0.647. The minimum absolute atomic E-state index is 0. The van der Waals surface area contributed by atoms with Crippen LogP contribution in [0.3, 0.4) is 0 Å². The molecule has 0 aliphatic carbocycles. The average molecular weight is 295 g/mol. The summed E-state index contributed by atoms with van der Waals surface area (Å²) in [7, 11) is 0. The van der Waals surface area contributed by atoms with Gasteiger partial charge in [0.2, 0.25) is 0 Å². The predicted octanol–water partition coefficient (Wildman–Crippen LogP) is 2.39. The summed E-state index contributed by atoms with van der Waals surface area (Å²) in [5.41, 5.74) is 12.3. The number of hydrogen-bond acceptors (Lipinski definition) is 3. The molecule has 4 N–H and O–H groups in total. The average Bonchev–Trinajstić information content (AvgIpc) is 2.18. The number of hydrogen-bond donors (Lipinski definition) is 2. The third kappa shape index (κ3) is 5.47. The molecule has 15 heavy (non-hydrogen) atoms. The number of nitrogens with two attached hydrogens (primary N) is 2. The lowest BCUT2D eigenvalue weighted by Gasteiger charge is -2.10. The van der Waals surface area contributed by atoms with Crippen LogP contribution in [0, 0.1) is 0 Å². The van der Waals surface area contributed by atoms with Crippen molar-refractivity contribution in [2.45, 2.75) is 25.3 Å². The van der Waals surface area contributed by atoms with Gasteiger partial charge in [-0.2, -0.15) is 0 Å². The standard InChI is InChI=1S/C10H16BrN3.ClH/c11-10-6-3-5-9(14-10)8(13)4-1-2-7-12;/h3,5-6,8H,1-2,4,7,12-13H2;1H/t8-;/m0./s1. The van der Waals surface area contributed by atoms with Gasteiger partial charge in [-0.05, 0) is 47.4 Å². The maximum Gasteiger partial charge on any atom is 0.106 e. The van der Waals surface area contributed by atoms with E-state index in [2.05, 4.69) is 20.9 Å². The third-order valence-electron chi connectivity index (χ3n) is 2.09. The Morgan fingerprint density at radius 3 is 2.67 bits per heavy atom. The Morgan fingerprint density at radius 2 is 2.07 bits per heavy atom. The molecule has 1 heterocycles. The summed E-state index contributed by atoms with van der Waals surface area (Å²) in [4.78, 5) is 4.31. The molecule has 0 amide bonds. The van der Waals surface area contributed by atoms with Crippen molar-refractivity contribution < 1.29 is 0 Å². The molecule has 1 rings (SSSR count). The number of nitrogens with zero attached hydrogens (tertiary/aromatic N) is 1. The highest BCUT2D eigenvalue weighted by molar-refractivity contribution is 9.10. The molecule has 1 aromatic heterocycles. The first-order valence-corrected chi connectivity index (χ1v) is 5.61. The van der Waals surface area contributed by atoms with Gasteiger partial charge < -0.3 is 11.5 Å². The lowest BCUT2D eigenvalue weighted by Crippen LogP contribution is -2.12. The van der Waals surface area contributed by atoms with Gasteiger partial charge >= 0.3 is 0 Å². The van der Waals surface area contributed by atoms with Gasteiger partial charge in [0.05, 0.1) is 5.69 Å². The molecule has 0 saturated carbocycles. The van der Waals surface area contributed by atoms with Crippen LogP contribution in [0.25, 0.3) is 0 Å². The van der Waals surface area contributed by atoms with Crippen LogP contribution in [0.2, 0.25) is 0 Å². The van der Waals surface area contributed by atoms with Gasteiger partial charge in [0.25, 0.3) is 0 Å². The number of unbranched alkanes of at least 4 members (excludes halogenated alkanes) is 1. The van der Waals surface area contributed by atoms with Gasteiger partial charge in [0.1, 0.15) is 4.60 Å². The predicted molar refractivity (Wildman–Crippen MR) is 69.0 cm³/mol. The normalized spacial score (nSPS) is 11.9. The molecular weight excluding hydrogens is 277 g/mol. The second kappa shape index (κ2) is 8.05. The van der Waals surface area contributed by atoms with E-state index in [1.54, 1.807) is 0 Å². The summed E-state index contributed by atoms with van der Waals surface area (Å²) >= 11 is 3.33. The molecule has 0 aromatic carbocycles. The summed E-state index contributed by atoms with van der Waals surface area (Å²) in [5.74, 6) is 0. The Balaban J connectivity index is 0.00000196. The van der Waals surface area contributed by atoms with Crippen LogP contribution in [0.4, 0.5) is 0 Å². The Bertz CT molecular complexity index is 283. The molecule has 86 valence electrons. The minimum atomic E-state index is 0. The highest BCUT2D eigenvalue weighted by atomic mass is 79.9. The van der Waals surface area contributed by atoms with E-state index < -0.39 is 0 Å². The van der Waals surface area contributed by atoms with Crippen LogP contribution >= 0.6 is 28.3 Å². The summed E-state index contributed by atoms with van der Waals surface area (Å²) < 4.78 is 0.837. The molecule has 1 atom stereocenters. The molecule has 0 bridgehead atoms. The Morgan fingerprint density at radius 1 is 1.33 bits per heavy atom. The van der Waals surface area contributed by atoms with Gasteiger partial charge in [-0.3, -0.25) is 0 Å². The molecule has 5 heteroatoms. The van der Waals surface area contributed by atoms with Crippen LogP contribution in [0.1, 0.15) is 31.0 Å². The molecule has 0 unspecified atom stereocenters. The zero-order valence-corrected chi connectivity index (χ0v) is 10.9. The van der Waals surface area contributed by atoms with Crippen molar-refractivity contribution in [1.29, 1.82) is 0 Å². The van der Waals surface area contributed by atoms with Crippen LogP contribution in [0.15, 0.2) is 22.8 Å². The first-order chi connectivity index (χ1) is 6.74. The molecule has 0 radical (unpaired) electrons. The number of pyridine rings is 1. The van der Waals surface area contributed by atoms with E-state index in [1.165, 1.54) is 0 Å². The van der Waals surface area contributed by atoms with E-state index in [-0.39, 0.29) is 18.4 Å². The van der Waals surface area contributed by atoms with E-state index in [1.807, 2.05) is 18.2 Å². The fourth-order valence-electron chi connectivity index (χ4n) is 1.29. The lowest BCUT2D eigenvalue weighted by molar-refractivity contribution is 0.579. The van der Waals surface area contributed by atoms with Crippen molar-refractivity contribution in [3.63, 3.8) is 0 Å². The maximum atomic E-state index is 5.98. The van der Waals surface area contributed by atoms with Crippen LogP contribution in [-0.2, 0) is 0 Å². The van der Waals surface area contributed by atoms with Crippen LogP contribution in [0.5, 0.6) is 0 Å². The van der Waals surface area contributed by atoms with Crippen molar-refractivity contribution in [1.82, 2.24) is 4.98 Å². The van der Waals surface area contributed by atoms with E-state index in [4.69, 9.17) is 11.5 Å². The van der Waals surface area contributed by atoms with E-state index in [0.29, 0.717) is 0 Å². The topological polar surface area (TPSA) is 64.9 Å². The second-order valence-corrected chi connectivity index (χ2v) is 4.09. The van der Waals surface area contributed by atoms with Crippen molar-refractivity contribution in [2.24, 2.45) is 11.5 Å². The van der Waals surface area contributed by atoms with Crippen molar-refractivity contribution in [3.05, 3.63) is 28.5 Å². The maximum absolute atomic E-state index is 5.98. The number of rotatable bonds is 5. The minimum Gasteiger partial charge on any atom is -0.330 e. The van der Waals surface area contributed by atoms with Gasteiger partial charge in [-0.1, -0.05) is 12.5 Å². The van der Waals surface area contributed by atoms with Gasteiger partial charge in [-0.15, -0.1) is 12.4 Å².